The molecule has 0 bridgehead atoms. The van der Waals surface area contributed by atoms with Crippen LogP contribution in [-0.4, -0.2) is 47.7 Å². The van der Waals surface area contributed by atoms with Crippen molar-refractivity contribution in [1.29, 1.82) is 0 Å². The average Bonchev–Trinajstić information content (AvgIpc) is 2.44. The molecule has 4 nitrogen and oxygen atoms in total. The fraction of sp³-hybridized carbons (Fsp3) is 0.588. The maximum absolute atomic E-state index is 12.6. The SMILES string of the molecule is CCN(CC(=O)N1CCCc2ccccc21)CC(C)(C)O. The summed E-state index contributed by atoms with van der Waals surface area (Å²) in [6.45, 7) is 7.97. The zero-order chi connectivity index (χ0) is 15.5. The van der Waals surface area contributed by atoms with Crippen molar-refractivity contribution in [3.05, 3.63) is 29.8 Å². The minimum Gasteiger partial charge on any atom is -0.389 e. The third kappa shape index (κ3) is 4.29. The van der Waals surface area contributed by atoms with Gasteiger partial charge in [0.25, 0.3) is 0 Å². The summed E-state index contributed by atoms with van der Waals surface area (Å²) in [5.41, 5.74) is 1.52. The Morgan fingerprint density at radius 2 is 2.10 bits per heavy atom. The first-order valence-electron chi connectivity index (χ1n) is 7.73. The van der Waals surface area contributed by atoms with Gasteiger partial charge in [0.1, 0.15) is 0 Å². The van der Waals surface area contributed by atoms with Gasteiger partial charge in [0.15, 0.2) is 0 Å². The van der Waals surface area contributed by atoms with Crippen LogP contribution in [0.25, 0.3) is 0 Å². The third-order valence-corrected chi connectivity index (χ3v) is 3.83. The first-order chi connectivity index (χ1) is 9.90. The summed E-state index contributed by atoms with van der Waals surface area (Å²) < 4.78 is 0. The summed E-state index contributed by atoms with van der Waals surface area (Å²) in [5, 5.41) is 9.93. The Labute approximate surface area is 127 Å². The highest BCUT2D eigenvalue weighted by Gasteiger charge is 2.25. The summed E-state index contributed by atoms with van der Waals surface area (Å²) >= 11 is 0. The molecule has 1 heterocycles. The fourth-order valence-corrected chi connectivity index (χ4v) is 2.90. The molecule has 2 rings (SSSR count). The van der Waals surface area contributed by atoms with E-state index in [0.29, 0.717) is 13.1 Å². The van der Waals surface area contributed by atoms with Crippen molar-refractivity contribution in [2.75, 3.05) is 31.1 Å². The molecule has 1 aliphatic rings. The molecule has 1 amide bonds. The van der Waals surface area contributed by atoms with E-state index in [1.807, 2.05) is 34.9 Å². The van der Waals surface area contributed by atoms with Gasteiger partial charge in [0.2, 0.25) is 5.91 Å². The highest BCUT2D eigenvalue weighted by Crippen LogP contribution is 2.26. The zero-order valence-electron chi connectivity index (χ0n) is 13.3. The van der Waals surface area contributed by atoms with Crippen LogP contribution in [-0.2, 0) is 11.2 Å². The molecule has 0 atom stereocenters. The zero-order valence-corrected chi connectivity index (χ0v) is 13.3. The molecule has 0 aliphatic carbocycles. The van der Waals surface area contributed by atoms with E-state index in [-0.39, 0.29) is 5.91 Å². The molecule has 0 saturated heterocycles. The monoisotopic (exact) mass is 290 g/mol. The molecule has 0 fully saturated rings. The molecule has 0 spiro atoms. The number of rotatable bonds is 5. The van der Waals surface area contributed by atoms with Crippen LogP contribution in [0.1, 0.15) is 32.8 Å². The maximum atomic E-state index is 12.6. The number of hydrogen-bond acceptors (Lipinski definition) is 3. The van der Waals surface area contributed by atoms with E-state index in [1.165, 1.54) is 5.56 Å². The lowest BCUT2D eigenvalue weighted by atomic mass is 10.0. The highest BCUT2D eigenvalue weighted by atomic mass is 16.3. The molecule has 0 saturated carbocycles. The Bertz CT molecular complexity index is 494. The first-order valence-corrected chi connectivity index (χ1v) is 7.73. The molecule has 4 heteroatoms. The van der Waals surface area contributed by atoms with Crippen LogP contribution >= 0.6 is 0 Å². The van der Waals surface area contributed by atoms with E-state index in [9.17, 15) is 9.90 Å². The van der Waals surface area contributed by atoms with E-state index < -0.39 is 5.60 Å². The van der Waals surface area contributed by atoms with Gasteiger partial charge in [-0.1, -0.05) is 25.1 Å². The van der Waals surface area contributed by atoms with Crippen LogP contribution in [0.4, 0.5) is 5.69 Å². The summed E-state index contributed by atoms with van der Waals surface area (Å²) in [7, 11) is 0. The van der Waals surface area contributed by atoms with Gasteiger partial charge in [-0.25, -0.2) is 0 Å². The number of carbonyl (C=O) groups is 1. The Hall–Kier alpha value is -1.39. The minimum atomic E-state index is -0.782. The molecule has 1 aromatic carbocycles. The van der Waals surface area contributed by atoms with Crippen LogP contribution in [0.5, 0.6) is 0 Å². The maximum Gasteiger partial charge on any atom is 0.241 e. The van der Waals surface area contributed by atoms with E-state index in [1.54, 1.807) is 13.8 Å². The molecular formula is C17H26N2O2. The minimum absolute atomic E-state index is 0.119. The molecule has 1 aromatic rings. The number of benzene rings is 1. The van der Waals surface area contributed by atoms with Crippen molar-refractivity contribution in [2.24, 2.45) is 0 Å². The number of carbonyl (C=O) groups excluding carboxylic acids is 1. The Kier molecular flexibility index (Phi) is 5.01. The summed E-state index contributed by atoms with van der Waals surface area (Å²) in [6, 6.07) is 8.14. The Morgan fingerprint density at radius 3 is 2.76 bits per heavy atom. The van der Waals surface area contributed by atoms with E-state index in [4.69, 9.17) is 0 Å². The quantitative estimate of drug-likeness (QED) is 0.902. The number of amides is 1. The third-order valence-electron chi connectivity index (χ3n) is 3.83. The number of fused-ring (bicyclic) bond motifs is 1. The second kappa shape index (κ2) is 6.58. The van der Waals surface area contributed by atoms with Gasteiger partial charge in [0, 0.05) is 18.8 Å². The van der Waals surface area contributed by atoms with Gasteiger partial charge in [-0.3, -0.25) is 9.69 Å². The standard InChI is InChI=1S/C17H26N2O2/c1-4-18(13-17(2,3)21)12-16(20)19-11-7-9-14-8-5-6-10-15(14)19/h5-6,8,10,21H,4,7,9,11-13H2,1-3H3. The molecular weight excluding hydrogens is 264 g/mol. The van der Waals surface area contributed by atoms with E-state index in [0.717, 1.165) is 31.6 Å². The topological polar surface area (TPSA) is 43.8 Å². The normalized spacial score (nSPS) is 15.2. The number of aryl methyl sites for hydroxylation is 1. The van der Waals surface area contributed by atoms with Crippen LogP contribution in [0.2, 0.25) is 0 Å². The van der Waals surface area contributed by atoms with Crippen LogP contribution in [0.3, 0.4) is 0 Å². The lowest BCUT2D eigenvalue weighted by Gasteiger charge is -2.33. The molecule has 0 aromatic heterocycles. The average molecular weight is 290 g/mol. The number of anilines is 1. The summed E-state index contributed by atoms with van der Waals surface area (Å²) in [6.07, 6.45) is 2.06. The van der Waals surface area contributed by atoms with Crippen molar-refractivity contribution in [3.63, 3.8) is 0 Å². The highest BCUT2D eigenvalue weighted by molar-refractivity contribution is 5.95. The van der Waals surface area contributed by atoms with Crippen LogP contribution < -0.4 is 4.90 Å². The predicted octanol–water partition coefficient (Wildman–Crippen LogP) is 2.06. The summed E-state index contributed by atoms with van der Waals surface area (Å²) in [5.74, 6) is 0.119. The molecule has 1 N–H and O–H groups in total. The van der Waals surface area contributed by atoms with Crippen LogP contribution in [0, 0.1) is 0 Å². The summed E-state index contributed by atoms with van der Waals surface area (Å²) in [4.78, 5) is 16.5. The second-order valence-electron chi connectivity index (χ2n) is 6.39. The fourth-order valence-electron chi connectivity index (χ4n) is 2.90. The van der Waals surface area contributed by atoms with E-state index in [2.05, 4.69) is 6.07 Å². The van der Waals surface area contributed by atoms with Gasteiger partial charge < -0.3 is 10.0 Å². The molecule has 116 valence electrons. The lowest BCUT2D eigenvalue weighted by molar-refractivity contribution is -0.120. The van der Waals surface area contributed by atoms with Crippen molar-refractivity contribution in [1.82, 2.24) is 4.90 Å². The number of para-hydroxylation sites is 1. The molecule has 0 radical (unpaired) electrons. The van der Waals surface area contributed by atoms with Crippen LogP contribution in [0.15, 0.2) is 24.3 Å². The van der Waals surface area contributed by atoms with Gasteiger partial charge in [-0.2, -0.15) is 0 Å². The van der Waals surface area contributed by atoms with Gasteiger partial charge in [0.05, 0.1) is 12.1 Å². The first kappa shape index (κ1) is 16.0. The van der Waals surface area contributed by atoms with Gasteiger partial charge >= 0.3 is 0 Å². The van der Waals surface area contributed by atoms with Gasteiger partial charge in [-0.15, -0.1) is 0 Å². The van der Waals surface area contributed by atoms with Crippen molar-refractivity contribution >= 4 is 11.6 Å². The van der Waals surface area contributed by atoms with Gasteiger partial charge in [-0.05, 0) is 44.9 Å². The number of likely N-dealkylation sites (N-methyl/N-ethyl adjacent to an activating group) is 1. The number of hydrogen-bond donors (Lipinski definition) is 1. The van der Waals surface area contributed by atoms with Crippen molar-refractivity contribution in [2.45, 2.75) is 39.2 Å². The number of nitrogens with zero attached hydrogens (tertiary/aromatic N) is 2. The largest absolute Gasteiger partial charge is 0.389 e. The predicted molar refractivity (Wildman–Crippen MR) is 85.5 cm³/mol. The smallest absolute Gasteiger partial charge is 0.241 e. The number of aliphatic hydroxyl groups is 1. The van der Waals surface area contributed by atoms with E-state index >= 15 is 0 Å². The Balaban J connectivity index is 2.07. The molecule has 0 unspecified atom stereocenters. The molecule has 1 aliphatic heterocycles. The Morgan fingerprint density at radius 1 is 1.38 bits per heavy atom. The van der Waals surface area contributed by atoms with Crippen molar-refractivity contribution < 1.29 is 9.90 Å². The molecule has 21 heavy (non-hydrogen) atoms. The van der Waals surface area contributed by atoms with Crippen molar-refractivity contribution in [3.8, 4) is 0 Å². The second-order valence-corrected chi connectivity index (χ2v) is 6.39. The lowest BCUT2D eigenvalue weighted by Crippen LogP contribution is -2.46.